The van der Waals surface area contributed by atoms with Gasteiger partial charge in [0.2, 0.25) is 0 Å². The number of rotatable bonds is 6. The molecule has 0 spiro atoms. The van der Waals surface area contributed by atoms with Gasteiger partial charge < -0.3 is 15.8 Å². The SMILES string of the molecule is CCCC1CC1Nc1cccc(OCC)c1N. The molecule has 0 bridgehead atoms. The van der Waals surface area contributed by atoms with Crippen LogP contribution >= 0.6 is 0 Å². The first-order valence-electron chi connectivity index (χ1n) is 6.54. The van der Waals surface area contributed by atoms with Crippen LogP contribution in [0.2, 0.25) is 0 Å². The van der Waals surface area contributed by atoms with Crippen LogP contribution in [0.3, 0.4) is 0 Å². The normalized spacial score (nSPS) is 22.2. The molecule has 0 radical (unpaired) electrons. The molecule has 1 fully saturated rings. The Bertz CT molecular complexity index is 378. The maximum atomic E-state index is 6.08. The molecule has 3 heteroatoms. The number of para-hydroxylation sites is 1. The zero-order chi connectivity index (χ0) is 12.3. The Morgan fingerprint density at radius 1 is 1.41 bits per heavy atom. The molecule has 3 nitrogen and oxygen atoms in total. The molecule has 2 unspecified atom stereocenters. The lowest BCUT2D eigenvalue weighted by Gasteiger charge is -2.13. The summed E-state index contributed by atoms with van der Waals surface area (Å²) in [5, 5.41) is 3.51. The minimum atomic E-state index is 0.606. The van der Waals surface area contributed by atoms with E-state index in [1.165, 1.54) is 19.3 Å². The number of nitrogens with one attached hydrogen (secondary N) is 1. The lowest BCUT2D eigenvalue weighted by Crippen LogP contribution is -2.08. The number of hydrogen-bond acceptors (Lipinski definition) is 3. The van der Waals surface area contributed by atoms with Gasteiger partial charge in [-0.15, -0.1) is 0 Å². The Hall–Kier alpha value is -1.38. The molecule has 1 saturated carbocycles. The second-order valence-corrected chi connectivity index (χ2v) is 4.69. The van der Waals surface area contributed by atoms with Crippen LogP contribution < -0.4 is 15.8 Å². The molecule has 1 aliphatic rings. The minimum Gasteiger partial charge on any atom is -0.492 e. The summed E-state index contributed by atoms with van der Waals surface area (Å²) in [7, 11) is 0. The summed E-state index contributed by atoms with van der Waals surface area (Å²) in [6, 6.07) is 6.54. The van der Waals surface area contributed by atoms with Crippen LogP contribution in [0.1, 0.15) is 33.1 Å². The van der Waals surface area contributed by atoms with Crippen LogP contribution in [0.15, 0.2) is 18.2 Å². The molecule has 3 N–H and O–H groups in total. The predicted octanol–water partition coefficient (Wildman–Crippen LogP) is 3.27. The van der Waals surface area contributed by atoms with Gasteiger partial charge in [0.15, 0.2) is 0 Å². The quantitative estimate of drug-likeness (QED) is 0.743. The number of ether oxygens (including phenoxy) is 1. The van der Waals surface area contributed by atoms with E-state index in [0.717, 1.165) is 23.0 Å². The lowest BCUT2D eigenvalue weighted by molar-refractivity contribution is 0.342. The van der Waals surface area contributed by atoms with Crippen molar-refractivity contribution >= 4 is 11.4 Å². The van der Waals surface area contributed by atoms with Gasteiger partial charge in [-0.3, -0.25) is 0 Å². The van der Waals surface area contributed by atoms with E-state index < -0.39 is 0 Å². The fourth-order valence-electron chi connectivity index (χ4n) is 2.27. The van der Waals surface area contributed by atoms with Crippen LogP contribution in [0.5, 0.6) is 5.75 Å². The van der Waals surface area contributed by atoms with Gasteiger partial charge in [0.25, 0.3) is 0 Å². The highest BCUT2D eigenvalue weighted by Crippen LogP contribution is 2.39. The van der Waals surface area contributed by atoms with Crippen molar-refractivity contribution in [1.29, 1.82) is 0 Å². The standard InChI is InChI=1S/C14H22N2O/c1-3-6-10-9-12(10)16-11-7-5-8-13(14(11)15)17-4-2/h5,7-8,10,12,16H,3-4,6,9,15H2,1-2H3. The van der Waals surface area contributed by atoms with E-state index >= 15 is 0 Å². The van der Waals surface area contributed by atoms with Crippen molar-refractivity contribution < 1.29 is 4.74 Å². The van der Waals surface area contributed by atoms with Crippen molar-refractivity contribution in [2.24, 2.45) is 5.92 Å². The van der Waals surface area contributed by atoms with E-state index in [9.17, 15) is 0 Å². The van der Waals surface area contributed by atoms with Gasteiger partial charge in [-0.25, -0.2) is 0 Å². The summed E-state index contributed by atoms with van der Waals surface area (Å²) in [5.74, 6) is 1.61. The minimum absolute atomic E-state index is 0.606. The van der Waals surface area contributed by atoms with Gasteiger partial charge in [-0.1, -0.05) is 19.4 Å². The van der Waals surface area contributed by atoms with Crippen LogP contribution in [-0.4, -0.2) is 12.6 Å². The molecular formula is C14H22N2O. The molecule has 2 rings (SSSR count). The highest BCUT2D eigenvalue weighted by molar-refractivity contribution is 5.73. The highest BCUT2D eigenvalue weighted by atomic mass is 16.5. The summed E-state index contributed by atoms with van der Waals surface area (Å²) in [5.41, 5.74) is 7.82. The predicted molar refractivity (Wildman–Crippen MR) is 72.4 cm³/mol. The third kappa shape index (κ3) is 2.84. The van der Waals surface area contributed by atoms with Gasteiger partial charge in [0.05, 0.1) is 18.0 Å². The topological polar surface area (TPSA) is 47.3 Å². The Balaban J connectivity index is 1.99. The smallest absolute Gasteiger partial charge is 0.144 e. The van der Waals surface area contributed by atoms with Crippen molar-refractivity contribution in [2.75, 3.05) is 17.7 Å². The Morgan fingerprint density at radius 2 is 2.24 bits per heavy atom. The number of nitrogen functional groups attached to an aromatic ring is 1. The third-order valence-electron chi connectivity index (χ3n) is 3.29. The average Bonchev–Trinajstić information content (AvgIpc) is 3.03. The van der Waals surface area contributed by atoms with Crippen LogP contribution in [-0.2, 0) is 0 Å². The molecule has 0 heterocycles. The highest BCUT2D eigenvalue weighted by Gasteiger charge is 2.36. The molecule has 1 aromatic carbocycles. The molecule has 1 aliphatic carbocycles. The molecule has 2 atom stereocenters. The first-order chi connectivity index (χ1) is 8.26. The van der Waals surface area contributed by atoms with Gasteiger partial charge >= 0.3 is 0 Å². The first-order valence-corrected chi connectivity index (χ1v) is 6.54. The monoisotopic (exact) mass is 234 g/mol. The maximum Gasteiger partial charge on any atom is 0.144 e. The largest absolute Gasteiger partial charge is 0.492 e. The van der Waals surface area contributed by atoms with Crippen molar-refractivity contribution in [3.05, 3.63) is 18.2 Å². The van der Waals surface area contributed by atoms with Crippen molar-refractivity contribution in [1.82, 2.24) is 0 Å². The summed E-state index contributed by atoms with van der Waals surface area (Å²) in [4.78, 5) is 0. The second-order valence-electron chi connectivity index (χ2n) is 4.69. The number of hydrogen-bond donors (Lipinski definition) is 2. The van der Waals surface area contributed by atoms with E-state index in [0.29, 0.717) is 12.6 Å². The Kier molecular flexibility index (Phi) is 3.77. The zero-order valence-electron chi connectivity index (χ0n) is 10.7. The zero-order valence-corrected chi connectivity index (χ0v) is 10.7. The molecule has 0 amide bonds. The molecule has 0 aliphatic heterocycles. The Morgan fingerprint density at radius 3 is 2.94 bits per heavy atom. The fraction of sp³-hybridized carbons (Fsp3) is 0.571. The van der Waals surface area contributed by atoms with E-state index in [2.05, 4.69) is 12.2 Å². The maximum absolute atomic E-state index is 6.08. The fourth-order valence-corrected chi connectivity index (χ4v) is 2.27. The summed E-state index contributed by atoms with van der Waals surface area (Å²) in [6.45, 7) is 4.85. The molecule has 1 aromatic rings. The lowest BCUT2D eigenvalue weighted by atomic mass is 10.2. The van der Waals surface area contributed by atoms with Gasteiger partial charge in [0.1, 0.15) is 5.75 Å². The molecule has 94 valence electrons. The number of nitrogens with two attached hydrogens (primary N) is 1. The van der Waals surface area contributed by atoms with Crippen molar-refractivity contribution in [3.8, 4) is 5.75 Å². The van der Waals surface area contributed by atoms with Gasteiger partial charge in [0, 0.05) is 6.04 Å². The van der Waals surface area contributed by atoms with Crippen molar-refractivity contribution in [3.63, 3.8) is 0 Å². The summed E-state index contributed by atoms with van der Waals surface area (Å²) >= 11 is 0. The van der Waals surface area contributed by atoms with Crippen LogP contribution in [0.25, 0.3) is 0 Å². The first kappa shape index (κ1) is 12.1. The molecule has 17 heavy (non-hydrogen) atoms. The van der Waals surface area contributed by atoms with Gasteiger partial charge in [-0.2, -0.15) is 0 Å². The average molecular weight is 234 g/mol. The third-order valence-corrected chi connectivity index (χ3v) is 3.29. The molecular weight excluding hydrogens is 212 g/mol. The summed E-state index contributed by atoms with van der Waals surface area (Å²) < 4.78 is 5.49. The van der Waals surface area contributed by atoms with E-state index in [4.69, 9.17) is 10.5 Å². The second kappa shape index (κ2) is 5.30. The molecule has 0 saturated heterocycles. The van der Waals surface area contributed by atoms with Crippen LogP contribution in [0, 0.1) is 5.92 Å². The van der Waals surface area contributed by atoms with E-state index in [1.54, 1.807) is 0 Å². The summed E-state index contributed by atoms with van der Waals surface area (Å²) in [6.07, 6.45) is 3.84. The number of benzene rings is 1. The van der Waals surface area contributed by atoms with Gasteiger partial charge in [-0.05, 0) is 37.8 Å². The van der Waals surface area contributed by atoms with Crippen molar-refractivity contribution in [2.45, 2.75) is 39.2 Å². The van der Waals surface area contributed by atoms with E-state index in [-0.39, 0.29) is 0 Å². The number of anilines is 2. The van der Waals surface area contributed by atoms with E-state index in [1.807, 2.05) is 25.1 Å². The van der Waals surface area contributed by atoms with Crippen LogP contribution in [0.4, 0.5) is 11.4 Å². The Labute approximate surface area is 103 Å². The molecule has 0 aromatic heterocycles.